The van der Waals surface area contributed by atoms with Gasteiger partial charge in [-0.2, -0.15) is 10.2 Å². The normalized spacial score (nSPS) is 15.1. The van der Waals surface area contributed by atoms with Crippen LogP contribution >= 0.6 is 11.6 Å². The van der Waals surface area contributed by atoms with Crippen LogP contribution < -0.4 is 5.32 Å². The quantitative estimate of drug-likeness (QED) is 0.486. The van der Waals surface area contributed by atoms with E-state index in [1.54, 1.807) is 17.1 Å². The first-order valence-corrected chi connectivity index (χ1v) is 11.8. The van der Waals surface area contributed by atoms with Crippen LogP contribution in [0.3, 0.4) is 0 Å². The van der Waals surface area contributed by atoms with Crippen LogP contribution in [-0.2, 0) is 25.9 Å². The van der Waals surface area contributed by atoms with E-state index in [1.807, 2.05) is 19.1 Å². The summed E-state index contributed by atoms with van der Waals surface area (Å²) >= 11 is 6.61. The fourth-order valence-corrected chi connectivity index (χ4v) is 4.44. The average molecular weight is 464 g/mol. The number of carbonyl (C=O) groups excluding carboxylic acids is 1. The van der Waals surface area contributed by atoms with Crippen molar-refractivity contribution in [2.24, 2.45) is 5.92 Å². The van der Waals surface area contributed by atoms with Gasteiger partial charge in [0.25, 0.3) is 5.91 Å². The number of aromatic nitrogens is 6. The average Bonchev–Trinajstić information content (AvgIpc) is 3.47. The standard InChI is InChI=1S/C24H26ClN7O/c1-15-5-6-16(12-26-15)13-27-24(33)22-14-32(31-30-22)9-3-2-4-18-10-20-21(29-28-18)11-19(23(20)25)17-7-8-17/h5-6,10,12,14,17H,2-4,7-9,11,13H2,1H3,(H,27,33). The summed E-state index contributed by atoms with van der Waals surface area (Å²) in [6.07, 6.45) is 9.45. The number of amides is 1. The van der Waals surface area contributed by atoms with Crippen molar-refractivity contribution in [1.82, 2.24) is 35.5 Å². The molecule has 3 heterocycles. The summed E-state index contributed by atoms with van der Waals surface area (Å²) in [6, 6.07) is 5.96. The number of nitrogens with zero attached hydrogens (tertiary/aromatic N) is 6. The van der Waals surface area contributed by atoms with E-state index < -0.39 is 0 Å². The molecule has 5 rings (SSSR count). The molecular weight excluding hydrogens is 438 g/mol. The number of allylic oxidation sites excluding steroid dienone is 1. The van der Waals surface area contributed by atoms with Crippen molar-refractivity contribution in [3.8, 4) is 0 Å². The van der Waals surface area contributed by atoms with E-state index in [9.17, 15) is 4.79 Å². The lowest BCUT2D eigenvalue weighted by atomic mass is 10.1. The fraction of sp³-hybridized carbons (Fsp3) is 0.417. The van der Waals surface area contributed by atoms with E-state index in [0.29, 0.717) is 24.7 Å². The Morgan fingerprint density at radius 1 is 1.21 bits per heavy atom. The minimum atomic E-state index is -0.245. The van der Waals surface area contributed by atoms with E-state index in [4.69, 9.17) is 11.6 Å². The van der Waals surface area contributed by atoms with Crippen molar-refractivity contribution in [3.05, 3.63) is 70.1 Å². The predicted octanol–water partition coefficient (Wildman–Crippen LogP) is 3.64. The molecule has 0 unspecified atom stereocenters. The van der Waals surface area contributed by atoms with Crippen LogP contribution in [0.25, 0.3) is 5.03 Å². The number of aryl methyl sites for hydroxylation is 3. The van der Waals surface area contributed by atoms with Crippen LogP contribution in [0, 0.1) is 12.8 Å². The van der Waals surface area contributed by atoms with Gasteiger partial charge in [0.2, 0.25) is 0 Å². The molecule has 2 aliphatic carbocycles. The molecular formula is C24H26ClN7O. The molecule has 1 N–H and O–H groups in total. The van der Waals surface area contributed by atoms with Gasteiger partial charge in [-0.1, -0.05) is 22.9 Å². The number of hydrogen-bond donors (Lipinski definition) is 1. The van der Waals surface area contributed by atoms with Gasteiger partial charge in [-0.25, -0.2) is 0 Å². The van der Waals surface area contributed by atoms with Crippen LogP contribution in [0.15, 0.2) is 36.2 Å². The van der Waals surface area contributed by atoms with Gasteiger partial charge in [0.15, 0.2) is 5.69 Å². The van der Waals surface area contributed by atoms with Crippen molar-refractivity contribution < 1.29 is 4.79 Å². The van der Waals surface area contributed by atoms with Gasteiger partial charge in [-0.05, 0) is 68.2 Å². The summed E-state index contributed by atoms with van der Waals surface area (Å²) < 4.78 is 1.71. The number of unbranched alkanes of at least 4 members (excludes halogenated alkanes) is 1. The summed E-state index contributed by atoms with van der Waals surface area (Å²) in [7, 11) is 0. The van der Waals surface area contributed by atoms with Crippen molar-refractivity contribution >= 4 is 22.5 Å². The van der Waals surface area contributed by atoms with Gasteiger partial charge in [0.05, 0.1) is 17.6 Å². The zero-order valence-electron chi connectivity index (χ0n) is 18.6. The molecule has 0 aromatic carbocycles. The van der Waals surface area contributed by atoms with Crippen molar-refractivity contribution in [2.45, 2.75) is 58.5 Å². The summed E-state index contributed by atoms with van der Waals surface area (Å²) in [6.45, 7) is 3.02. The molecule has 170 valence electrons. The highest BCUT2D eigenvalue weighted by Gasteiger charge is 2.33. The summed E-state index contributed by atoms with van der Waals surface area (Å²) in [5, 5.41) is 20.6. The largest absolute Gasteiger partial charge is 0.346 e. The zero-order chi connectivity index (χ0) is 22.8. The van der Waals surface area contributed by atoms with Crippen LogP contribution in [-0.4, -0.2) is 36.1 Å². The molecule has 1 fully saturated rings. The van der Waals surface area contributed by atoms with E-state index in [1.165, 1.54) is 18.4 Å². The van der Waals surface area contributed by atoms with Crippen LogP contribution in [0.4, 0.5) is 0 Å². The first kappa shape index (κ1) is 21.7. The Bertz CT molecular complexity index is 1200. The maximum atomic E-state index is 12.3. The van der Waals surface area contributed by atoms with E-state index in [-0.39, 0.29) is 5.91 Å². The van der Waals surface area contributed by atoms with Crippen molar-refractivity contribution in [2.75, 3.05) is 0 Å². The van der Waals surface area contributed by atoms with Crippen LogP contribution in [0.1, 0.15) is 64.4 Å². The van der Waals surface area contributed by atoms with Gasteiger partial charge < -0.3 is 5.32 Å². The van der Waals surface area contributed by atoms with Crippen LogP contribution in [0.5, 0.6) is 0 Å². The Morgan fingerprint density at radius 2 is 2.09 bits per heavy atom. The predicted molar refractivity (Wildman–Crippen MR) is 124 cm³/mol. The number of rotatable bonds is 9. The molecule has 0 atom stereocenters. The number of carbonyl (C=O) groups is 1. The van der Waals surface area contributed by atoms with E-state index >= 15 is 0 Å². The Labute approximate surface area is 197 Å². The molecule has 8 nitrogen and oxygen atoms in total. The smallest absolute Gasteiger partial charge is 0.273 e. The Balaban J connectivity index is 1.08. The van der Waals surface area contributed by atoms with E-state index in [2.05, 4.69) is 36.9 Å². The van der Waals surface area contributed by atoms with Crippen molar-refractivity contribution in [1.29, 1.82) is 0 Å². The SMILES string of the molecule is Cc1ccc(CNC(=O)c2cn(CCCCc3cc4c(nn3)CC(C3CC3)=C4Cl)nn2)cn1. The molecule has 9 heteroatoms. The lowest BCUT2D eigenvalue weighted by Crippen LogP contribution is -2.23. The molecule has 3 aromatic heterocycles. The Hall–Kier alpha value is -3.13. The molecule has 1 amide bonds. The van der Waals surface area contributed by atoms with Gasteiger partial charge in [-0.3, -0.25) is 14.5 Å². The lowest BCUT2D eigenvalue weighted by Gasteiger charge is -2.04. The van der Waals surface area contributed by atoms with Crippen molar-refractivity contribution in [3.63, 3.8) is 0 Å². The highest BCUT2D eigenvalue weighted by Crippen LogP contribution is 2.47. The first-order valence-electron chi connectivity index (χ1n) is 11.4. The van der Waals surface area contributed by atoms with Gasteiger partial charge >= 0.3 is 0 Å². The summed E-state index contributed by atoms with van der Waals surface area (Å²) in [5.41, 5.74) is 6.59. The maximum Gasteiger partial charge on any atom is 0.273 e. The molecule has 0 saturated heterocycles. The number of pyridine rings is 1. The monoisotopic (exact) mass is 463 g/mol. The van der Waals surface area contributed by atoms with Gasteiger partial charge in [0, 0.05) is 42.0 Å². The van der Waals surface area contributed by atoms with Crippen LogP contribution in [0.2, 0.25) is 0 Å². The second-order valence-electron chi connectivity index (χ2n) is 8.80. The molecule has 2 aliphatic rings. The highest BCUT2D eigenvalue weighted by molar-refractivity contribution is 6.50. The topological polar surface area (TPSA) is 98.5 Å². The Kier molecular flexibility index (Phi) is 6.17. The number of nitrogens with one attached hydrogen (secondary N) is 1. The van der Waals surface area contributed by atoms with E-state index in [0.717, 1.165) is 58.9 Å². The second kappa shape index (κ2) is 9.39. The first-order chi connectivity index (χ1) is 16.1. The number of fused-ring (bicyclic) bond motifs is 1. The summed E-state index contributed by atoms with van der Waals surface area (Å²) in [4.78, 5) is 16.6. The van der Waals surface area contributed by atoms with Gasteiger partial charge in [-0.15, -0.1) is 5.10 Å². The fourth-order valence-electron chi connectivity index (χ4n) is 4.05. The second-order valence-corrected chi connectivity index (χ2v) is 9.18. The highest BCUT2D eigenvalue weighted by atomic mass is 35.5. The minimum Gasteiger partial charge on any atom is -0.346 e. The summed E-state index contributed by atoms with van der Waals surface area (Å²) in [5.74, 6) is 0.412. The molecule has 3 aromatic rings. The molecule has 33 heavy (non-hydrogen) atoms. The molecule has 0 aliphatic heterocycles. The third-order valence-corrected chi connectivity index (χ3v) is 6.58. The maximum absolute atomic E-state index is 12.3. The third kappa shape index (κ3) is 5.11. The third-order valence-electron chi connectivity index (χ3n) is 6.13. The number of halogens is 1. The molecule has 0 spiro atoms. The zero-order valence-corrected chi connectivity index (χ0v) is 19.3. The van der Waals surface area contributed by atoms with Gasteiger partial charge in [0.1, 0.15) is 0 Å². The number of hydrogen-bond acceptors (Lipinski definition) is 6. The Morgan fingerprint density at radius 3 is 2.88 bits per heavy atom. The molecule has 0 radical (unpaired) electrons. The minimum absolute atomic E-state index is 0.245. The lowest BCUT2D eigenvalue weighted by molar-refractivity contribution is 0.0946. The molecule has 0 bridgehead atoms. The molecule has 1 saturated carbocycles.